The van der Waals surface area contributed by atoms with Gasteiger partial charge in [0, 0.05) is 49.4 Å². The van der Waals surface area contributed by atoms with Gasteiger partial charge in [-0.1, -0.05) is 12.8 Å². The smallest absolute Gasteiger partial charge is 0.291 e. The summed E-state index contributed by atoms with van der Waals surface area (Å²) in [4.78, 5) is 45.0. The number of likely N-dealkylation sites (tertiary alicyclic amines) is 1. The van der Waals surface area contributed by atoms with E-state index in [1.165, 1.54) is 37.1 Å². The minimum Gasteiger partial charge on any atom is -0.494 e. The number of imidazole rings is 1. The second-order valence-electron chi connectivity index (χ2n) is 10.7. The number of carbonyl (C=O) groups excluding carboxylic acids is 3. The molecule has 0 atom stereocenters. The number of nitrogens with one attached hydrogen (secondary N) is 3. The predicted molar refractivity (Wildman–Crippen MR) is 167 cm³/mol. The van der Waals surface area contributed by atoms with Crippen molar-refractivity contribution in [1.29, 1.82) is 0 Å². The Bertz CT molecular complexity index is 1590. The summed E-state index contributed by atoms with van der Waals surface area (Å²) in [5.41, 5.74) is 1.91. The third-order valence-electron chi connectivity index (χ3n) is 7.92. The van der Waals surface area contributed by atoms with Gasteiger partial charge in [-0.2, -0.15) is 4.39 Å². The van der Waals surface area contributed by atoms with Crippen LogP contribution in [0.4, 0.5) is 14.5 Å². The van der Waals surface area contributed by atoms with Crippen LogP contribution in [0.1, 0.15) is 52.7 Å². The van der Waals surface area contributed by atoms with Crippen molar-refractivity contribution >= 4 is 23.4 Å². The maximum absolute atomic E-state index is 14.7. The number of piperidine rings is 1. The maximum Gasteiger partial charge on any atom is 0.291 e. The van der Waals surface area contributed by atoms with Crippen LogP contribution in [0.15, 0.2) is 36.5 Å². The molecule has 12 heteroatoms. The van der Waals surface area contributed by atoms with E-state index >= 15 is 0 Å². The van der Waals surface area contributed by atoms with Crippen LogP contribution in [0.2, 0.25) is 0 Å². The zero-order chi connectivity index (χ0) is 32.5. The van der Waals surface area contributed by atoms with E-state index in [0.717, 1.165) is 18.5 Å². The highest BCUT2D eigenvalue weighted by atomic mass is 19.2. The fourth-order valence-electron chi connectivity index (χ4n) is 5.36. The Morgan fingerprint density at radius 2 is 1.87 bits per heavy atom. The Balaban J connectivity index is 1.36. The topological polar surface area (TPSA) is 118 Å². The normalized spacial score (nSPS) is 13.3. The standard InChI is InChI=1S/C33H38F2N6O4/c1-5-14-36-15-7-16-37-31(42)22-12-17-41(18-13-22)33(44)24-9-8-23(19-21(24)6-2)39-32(43)30-38-20-26(40(30)3)25-10-11-27(45-4)29(35)28(25)34/h1,8-11,19-20,22,36H,6-7,12-18H2,2-4H3,(H,37,42)(H,39,43). The fourth-order valence-corrected chi connectivity index (χ4v) is 5.36. The molecular formula is C33H38F2N6O4. The van der Waals surface area contributed by atoms with Gasteiger partial charge in [-0.05, 0) is 68.1 Å². The second-order valence-corrected chi connectivity index (χ2v) is 10.7. The zero-order valence-corrected chi connectivity index (χ0v) is 25.7. The van der Waals surface area contributed by atoms with Gasteiger partial charge in [0.1, 0.15) is 0 Å². The average Bonchev–Trinajstić information content (AvgIpc) is 3.44. The van der Waals surface area contributed by atoms with Crippen molar-refractivity contribution < 1.29 is 27.9 Å². The first-order chi connectivity index (χ1) is 21.7. The lowest BCUT2D eigenvalue weighted by molar-refractivity contribution is -0.126. The number of rotatable bonds is 12. The number of halogens is 2. The number of hydrogen-bond acceptors (Lipinski definition) is 6. The number of anilines is 1. The number of methoxy groups -OCH3 is 1. The van der Waals surface area contributed by atoms with Gasteiger partial charge in [-0.3, -0.25) is 14.4 Å². The first-order valence-corrected chi connectivity index (χ1v) is 14.9. The fraction of sp³-hybridized carbons (Fsp3) is 0.394. The molecule has 0 aliphatic carbocycles. The van der Waals surface area contributed by atoms with Crippen molar-refractivity contribution in [2.45, 2.75) is 32.6 Å². The molecular weight excluding hydrogens is 582 g/mol. The number of aryl methyl sites for hydroxylation is 1. The Hall–Kier alpha value is -4.76. The van der Waals surface area contributed by atoms with E-state index in [0.29, 0.717) is 56.7 Å². The van der Waals surface area contributed by atoms with Crippen molar-refractivity contribution in [3.8, 4) is 29.4 Å². The molecule has 45 heavy (non-hydrogen) atoms. The van der Waals surface area contributed by atoms with Crippen LogP contribution in [0, 0.1) is 29.9 Å². The molecule has 0 radical (unpaired) electrons. The van der Waals surface area contributed by atoms with Gasteiger partial charge >= 0.3 is 0 Å². The highest BCUT2D eigenvalue weighted by Crippen LogP contribution is 2.30. The molecule has 238 valence electrons. The lowest BCUT2D eigenvalue weighted by Gasteiger charge is -2.32. The summed E-state index contributed by atoms with van der Waals surface area (Å²) in [6.07, 6.45) is 9.01. The molecule has 2 heterocycles. The van der Waals surface area contributed by atoms with Gasteiger partial charge in [0.05, 0.1) is 25.5 Å². The number of aromatic nitrogens is 2. The zero-order valence-electron chi connectivity index (χ0n) is 25.7. The molecule has 0 bridgehead atoms. The Morgan fingerprint density at radius 1 is 1.11 bits per heavy atom. The molecule has 1 fully saturated rings. The first kappa shape index (κ1) is 33.1. The van der Waals surface area contributed by atoms with Gasteiger partial charge in [0.2, 0.25) is 11.7 Å². The largest absolute Gasteiger partial charge is 0.494 e. The Kier molecular flexibility index (Phi) is 11.3. The van der Waals surface area contributed by atoms with Crippen LogP contribution in [-0.4, -0.2) is 72.0 Å². The molecule has 0 unspecified atom stereocenters. The van der Waals surface area contributed by atoms with Crippen molar-refractivity contribution in [3.63, 3.8) is 0 Å². The maximum atomic E-state index is 14.7. The number of amides is 3. The second kappa shape index (κ2) is 15.3. The lowest BCUT2D eigenvalue weighted by atomic mass is 9.94. The third kappa shape index (κ3) is 7.67. The summed E-state index contributed by atoms with van der Waals surface area (Å²) in [5.74, 6) is -0.762. The summed E-state index contributed by atoms with van der Waals surface area (Å²) in [6.45, 7) is 4.68. The number of benzene rings is 2. The highest BCUT2D eigenvalue weighted by molar-refractivity contribution is 6.03. The lowest BCUT2D eigenvalue weighted by Crippen LogP contribution is -2.43. The van der Waals surface area contributed by atoms with Crippen LogP contribution in [-0.2, 0) is 18.3 Å². The molecule has 1 saturated heterocycles. The summed E-state index contributed by atoms with van der Waals surface area (Å²) >= 11 is 0. The van der Waals surface area contributed by atoms with E-state index in [1.807, 2.05) is 6.92 Å². The molecule has 0 spiro atoms. The average molecular weight is 621 g/mol. The van der Waals surface area contributed by atoms with Crippen LogP contribution >= 0.6 is 0 Å². The molecule has 2 aromatic carbocycles. The molecule has 3 aromatic rings. The number of nitrogens with zero attached hydrogens (tertiary/aromatic N) is 3. The highest BCUT2D eigenvalue weighted by Gasteiger charge is 2.29. The molecule has 3 amide bonds. The molecule has 3 N–H and O–H groups in total. The third-order valence-corrected chi connectivity index (χ3v) is 7.92. The van der Waals surface area contributed by atoms with Crippen molar-refractivity contribution in [1.82, 2.24) is 25.1 Å². The van der Waals surface area contributed by atoms with E-state index < -0.39 is 17.5 Å². The van der Waals surface area contributed by atoms with Crippen molar-refractivity contribution in [2.75, 3.05) is 45.2 Å². The van der Waals surface area contributed by atoms with E-state index in [-0.39, 0.29) is 40.6 Å². The van der Waals surface area contributed by atoms with Gasteiger partial charge in [-0.25, -0.2) is 9.37 Å². The van der Waals surface area contributed by atoms with E-state index in [4.69, 9.17) is 11.2 Å². The minimum absolute atomic E-state index is 0.00806. The van der Waals surface area contributed by atoms with Crippen molar-refractivity contribution in [2.24, 2.45) is 13.0 Å². The summed E-state index contributed by atoms with van der Waals surface area (Å²) in [7, 11) is 2.78. The van der Waals surface area contributed by atoms with Gasteiger partial charge < -0.3 is 30.2 Å². The Morgan fingerprint density at radius 3 is 2.56 bits per heavy atom. The SMILES string of the molecule is C#CCNCCCNC(=O)C1CCN(C(=O)c2ccc(NC(=O)c3ncc(-c4ccc(OC)c(F)c4F)n3C)cc2CC)CC1. The van der Waals surface area contributed by atoms with Gasteiger partial charge in [-0.15, -0.1) is 6.42 Å². The Labute approximate surface area is 261 Å². The van der Waals surface area contributed by atoms with Crippen LogP contribution in [0.3, 0.4) is 0 Å². The predicted octanol–water partition coefficient (Wildman–Crippen LogP) is 3.77. The molecule has 1 aliphatic heterocycles. The minimum atomic E-state index is -1.13. The van der Waals surface area contributed by atoms with Crippen LogP contribution < -0.4 is 20.7 Å². The van der Waals surface area contributed by atoms with Crippen molar-refractivity contribution in [3.05, 3.63) is 65.1 Å². The van der Waals surface area contributed by atoms with E-state index in [9.17, 15) is 23.2 Å². The van der Waals surface area contributed by atoms with E-state index in [2.05, 4.69) is 26.9 Å². The first-order valence-electron chi connectivity index (χ1n) is 14.9. The van der Waals surface area contributed by atoms with E-state index in [1.54, 1.807) is 23.1 Å². The number of ether oxygens (including phenoxy) is 1. The van der Waals surface area contributed by atoms with Crippen LogP contribution in [0.5, 0.6) is 5.75 Å². The molecule has 10 nitrogen and oxygen atoms in total. The summed E-state index contributed by atoms with van der Waals surface area (Å²) in [6, 6.07) is 7.74. The summed E-state index contributed by atoms with van der Waals surface area (Å²) in [5, 5.41) is 8.84. The molecule has 0 saturated carbocycles. The number of carbonyl (C=O) groups is 3. The van der Waals surface area contributed by atoms with Crippen LogP contribution in [0.25, 0.3) is 11.3 Å². The number of hydrogen-bond donors (Lipinski definition) is 3. The van der Waals surface area contributed by atoms with Gasteiger partial charge in [0.25, 0.3) is 11.8 Å². The molecule has 1 aromatic heterocycles. The monoisotopic (exact) mass is 620 g/mol. The number of terminal acetylenes is 1. The summed E-state index contributed by atoms with van der Waals surface area (Å²) < 4.78 is 35.2. The van der Waals surface area contributed by atoms with Gasteiger partial charge in [0.15, 0.2) is 17.4 Å². The molecule has 4 rings (SSSR count). The molecule has 1 aliphatic rings. The quantitative estimate of drug-likeness (QED) is 0.210.